The number of hydrogen-bond donors (Lipinski definition) is 2. The summed E-state index contributed by atoms with van der Waals surface area (Å²) < 4.78 is 5.62. The summed E-state index contributed by atoms with van der Waals surface area (Å²) in [6, 6.07) is 21.7. The molecular formula is C27H22N2O5. The first-order valence-corrected chi connectivity index (χ1v) is 10.9. The summed E-state index contributed by atoms with van der Waals surface area (Å²) >= 11 is 0. The van der Waals surface area contributed by atoms with Crippen LogP contribution in [0.1, 0.15) is 39.6 Å². The van der Waals surface area contributed by atoms with E-state index in [9.17, 15) is 19.8 Å². The van der Waals surface area contributed by atoms with Crippen LogP contribution in [0, 0.1) is 6.92 Å². The maximum Gasteiger partial charge on any atom is 0.412 e. The Balaban J connectivity index is 1.53. The summed E-state index contributed by atoms with van der Waals surface area (Å²) in [7, 11) is 0. The predicted molar refractivity (Wildman–Crippen MR) is 127 cm³/mol. The van der Waals surface area contributed by atoms with Crippen LogP contribution in [0.25, 0.3) is 22.5 Å². The van der Waals surface area contributed by atoms with Crippen molar-refractivity contribution in [3.8, 4) is 22.5 Å². The summed E-state index contributed by atoms with van der Waals surface area (Å²) in [6.07, 6.45) is 0.444. The maximum absolute atomic E-state index is 12.5. The van der Waals surface area contributed by atoms with Gasteiger partial charge in [0.15, 0.2) is 5.76 Å². The zero-order valence-electron chi connectivity index (χ0n) is 18.4. The Morgan fingerprint density at radius 2 is 1.68 bits per heavy atom. The van der Waals surface area contributed by atoms with Gasteiger partial charge in [-0.2, -0.15) is 0 Å². The molecule has 170 valence electrons. The molecule has 0 bridgehead atoms. The molecule has 1 aliphatic rings. The smallest absolute Gasteiger partial charge is 0.412 e. The average molecular weight is 454 g/mol. The number of carboxylic acids is 1. The molecule has 1 aliphatic carbocycles. The lowest BCUT2D eigenvalue weighted by molar-refractivity contribution is 0.0697. The maximum atomic E-state index is 12.5. The fourth-order valence-corrected chi connectivity index (χ4v) is 4.67. The van der Waals surface area contributed by atoms with E-state index in [0.29, 0.717) is 29.1 Å². The quantitative estimate of drug-likeness (QED) is 0.373. The Morgan fingerprint density at radius 1 is 0.941 bits per heavy atom. The second kappa shape index (κ2) is 8.51. The number of nitrogens with zero attached hydrogens (tertiary/aromatic N) is 2. The Kier molecular flexibility index (Phi) is 5.37. The molecule has 4 aromatic rings. The Labute approximate surface area is 195 Å². The summed E-state index contributed by atoms with van der Waals surface area (Å²) in [5.41, 5.74) is 5.61. The van der Waals surface area contributed by atoms with Crippen molar-refractivity contribution >= 4 is 17.7 Å². The fraction of sp³-hybridized carbons (Fsp3) is 0.148. The van der Waals surface area contributed by atoms with E-state index < -0.39 is 12.1 Å². The lowest BCUT2D eigenvalue weighted by Crippen LogP contribution is -2.33. The van der Waals surface area contributed by atoms with E-state index >= 15 is 0 Å². The molecule has 0 spiro atoms. The molecule has 0 radical (unpaired) electrons. The molecule has 0 saturated carbocycles. The number of amides is 1. The van der Waals surface area contributed by atoms with Crippen LogP contribution in [0.2, 0.25) is 0 Å². The second-order valence-electron chi connectivity index (χ2n) is 8.31. The molecule has 7 heteroatoms. The molecule has 5 rings (SSSR count). The van der Waals surface area contributed by atoms with E-state index in [0.717, 1.165) is 28.7 Å². The minimum absolute atomic E-state index is 0.212. The van der Waals surface area contributed by atoms with Crippen LogP contribution < -0.4 is 4.90 Å². The molecule has 1 amide bonds. The average Bonchev–Trinajstić information content (AvgIpc) is 3.44. The molecule has 1 heterocycles. The molecule has 1 aromatic heterocycles. The predicted octanol–water partition coefficient (Wildman–Crippen LogP) is 6.19. The van der Waals surface area contributed by atoms with Crippen molar-refractivity contribution < 1.29 is 24.3 Å². The van der Waals surface area contributed by atoms with Crippen molar-refractivity contribution in [2.24, 2.45) is 0 Å². The summed E-state index contributed by atoms with van der Waals surface area (Å²) in [5, 5.41) is 23.5. The highest BCUT2D eigenvalue weighted by Gasteiger charge is 2.36. The van der Waals surface area contributed by atoms with Gasteiger partial charge in [0.2, 0.25) is 0 Å². The van der Waals surface area contributed by atoms with Crippen LogP contribution in [-0.2, 0) is 6.42 Å². The molecule has 3 aromatic carbocycles. The minimum atomic E-state index is -1.06. The van der Waals surface area contributed by atoms with Crippen molar-refractivity contribution in [1.82, 2.24) is 5.16 Å². The first-order valence-electron chi connectivity index (χ1n) is 10.9. The number of aromatic nitrogens is 1. The van der Waals surface area contributed by atoms with Gasteiger partial charge in [-0.05, 0) is 54.2 Å². The van der Waals surface area contributed by atoms with Gasteiger partial charge in [0.25, 0.3) is 0 Å². The highest BCUT2D eigenvalue weighted by molar-refractivity contribution is 5.93. The van der Waals surface area contributed by atoms with Crippen molar-refractivity contribution in [3.63, 3.8) is 0 Å². The molecule has 7 nitrogen and oxygen atoms in total. The van der Waals surface area contributed by atoms with E-state index in [1.165, 1.54) is 4.90 Å². The van der Waals surface area contributed by atoms with Gasteiger partial charge in [-0.1, -0.05) is 65.8 Å². The first-order chi connectivity index (χ1) is 16.4. The van der Waals surface area contributed by atoms with Crippen LogP contribution >= 0.6 is 0 Å². The standard InChI is InChI=1S/C27H22N2O5/c1-16-24(29(27(32)33)23-14-13-18-5-2-3-8-22(18)23)25(34-28-16)19-11-9-17(10-12-19)20-6-4-7-21(15-20)26(30)31/h2-12,15,23H,13-14H2,1H3,(H,30,31)(H,32,33). The number of carbonyl (C=O) groups is 2. The Morgan fingerprint density at radius 3 is 2.41 bits per heavy atom. The molecule has 34 heavy (non-hydrogen) atoms. The van der Waals surface area contributed by atoms with E-state index in [1.54, 1.807) is 25.1 Å². The number of fused-ring (bicyclic) bond motifs is 1. The zero-order valence-corrected chi connectivity index (χ0v) is 18.4. The fourth-order valence-electron chi connectivity index (χ4n) is 4.67. The number of hydrogen-bond acceptors (Lipinski definition) is 4. The number of aryl methyl sites for hydroxylation is 2. The Hall–Kier alpha value is -4.39. The molecular weight excluding hydrogens is 432 g/mol. The van der Waals surface area contributed by atoms with Crippen LogP contribution in [0.3, 0.4) is 0 Å². The largest absolute Gasteiger partial charge is 0.478 e. The van der Waals surface area contributed by atoms with Crippen molar-refractivity contribution in [2.75, 3.05) is 4.90 Å². The molecule has 0 fully saturated rings. The molecule has 2 N–H and O–H groups in total. The van der Waals surface area contributed by atoms with Gasteiger partial charge in [0.05, 0.1) is 11.6 Å². The lowest BCUT2D eigenvalue weighted by atomic mass is 10.00. The third-order valence-corrected chi connectivity index (χ3v) is 6.28. The van der Waals surface area contributed by atoms with Crippen LogP contribution in [0.15, 0.2) is 77.3 Å². The van der Waals surface area contributed by atoms with E-state index in [1.807, 2.05) is 54.6 Å². The monoisotopic (exact) mass is 454 g/mol. The highest BCUT2D eigenvalue weighted by atomic mass is 16.5. The highest BCUT2D eigenvalue weighted by Crippen LogP contribution is 2.43. The topological polar surface area (TPSA) is 104 Å². The van der Waals surface area contributed by atoms with Gasteiger partial charge in [0.1, 0.15) is 11.4 Å². The van der Waals surface area contributed by atoms with Gasteiger partial charge in [-0.15, -0.1) is 0 Å². The van der Waals surface area contributed by atoms with Crippen molar-refractivity contribution in [3.05, 3.63) is 95.2 Å². The SMILES string of the molecule is Cc1noc(-c2ccc(-c3cccc(C(=O)O)c3)cc2)c1N(C(=O)O)C1CCc2ccccc21. The number of rotatable bonds is 5. The summed E-state index contributed by atoms with van der Waals surface area (Å²) in [4.78, 5) is 25.1. The van der Waals surface area contributed by atoms with Gasteiger partial charge < -0.3 is 14.7 Å². The van der Waals surface area contributed by atoms with E-state index in [-0.39, 0.29) is 11.6 Å². The number of benzene rings is 3. The third kappa shape index (κ3) is 3.71. The second-order valence-corrected chi connectivity index (χ2v) is 8.31. The zero-order chi connectivity index (χ0) is 23.8. The summed E-state index contributed by atoms with van der Waals surface area (Å²) in [5.74, 6) is -0.599. The number of aromatic carboxylic acids is 1. The molecule has 1 atom stereocenters. The third-order valence-electron chi connectivity index (χ3n) is 6.28. The Bertz CT molecular complexity index is 1390. The lowest BCUT2D eigenvalue weighted by Gasteiger charge is -2.27. The van der Waals surface area contributed by atoms with Crippen LogP contribution in [-0.4, -0.2) is 27.4 Å². The van der Waals surface area contributed by atoms with Gasteiger partial charge in [-0.3, -0.25) is 4.90 Å². The van der Waals surface area contributed by atoms with Gasteiger partial charge in [-0.25, -0.2) is 9.59 Å². The van der Waals surface area contributed by atoms with Crippen LogP contribution in [0.4, 0.5) is 10.5 Å². The minimum Gasteiger partial charge on any atom is -0.478 e. The van der Waals surface area contributed by atoms with Gasteiger partial charge >= 0.3 is 12.1 Å². The van der Waals surface area contributed by atoms with E-state index in [2.05, 4.69) is 5.16 Å². The normalized spacial score (nSPS) is 14.6. The first kappa shape index (κ1) is 21.5. The number of carboxylic acid groups (broad SMARTS) is 2. The van der Waals surface area contributed by atoms with E-state index in [4.69, 9.17) is 4.52 Å². The van der Waals surface area contributed by atoms with Crippen molar-refractivity contribution in [2.45, 2.75) is 25.8 Å². The molecule has 1 unspecified atom stereocenters. The molecule has 0 aliphatic heterocycles. The van der Waals surface area contributed by atoms with Gasteiger partial charge in [0, 0.05) is 5.56 Å². The number of anilines is 1. The van der Waals surface area contributed by atoms with Crippen LogP contribution in [0.5, 0.6) is 0 Å². The summed E-state index contributed by atoms with van der Waals surface area (Å²) in [6.45, 7) is 1.74. The molecule has 0 saturated heterocycles. The van der Waals surface area contributed by atoms with Crippen molar-refractivity contribution in [1.29, 1.82) is 0 Å².